The van der Waals surface area contributed by atoms with E-state index < -0.39 is 5.91 Å². The zero-order chi connectivity index (χ0) is 21.0. The van der Waals surface area contributed by atoms with Crippen molar-refractivity contribution in [2.45, 2.75) is 34.3 Å². The predicted molar refractivity (Wildman–Crippen MR) is 110 cm³/mol. The van der Waals surface area contributed by atoms with Crippen molar-refractivity contribution in [1.29, 1.82) is 0 Å². The van der Waals surface area contributed by atoms with Gasteiger partial charge in [-0.1, -0.05) is 23.4 Å². The average Bonchev–Trinajstić information content (AvgIpc) is 3.03. The molecule has 150 valence electrons. The van der Waals surface area contributed by atoms with Crippen molar-refractivity contribution >= 4 is 23.2 Å². The number of rotatable bonds is 6. The highest BCUT2D eigenvalue weighted by atomic mass is 16.5. The number of carbonyl (C=O) groups excluding carboxylic acids is 2. The van der Waals surface area contributed by atoms with Crippen LogP contribution in [0, 0.1) is 20.8 Å². The first-order chi connectivity index (χ1) is 13.8. The van der Waals surface area contributed by atoms with Gasteiger partial charge in [-0.05, 0) is 56.2 Å². The third kappa shape index (κ3) is 4.82. The number of aryl methyl sites for hydroxylation is 3. The van der Waals surface area contributed by atoms with Crippen LogP contribution in [-0.4, -0.2) is 17.0 Å². The molecule has 3 rings (SSSR count). The Morgan fingerprint density at radius 1 is 0.966 bits per heavy atom. The first-order valence-electron chi connectivity index (χ1n) is 9.18. The third-order valence-corrected chi connectivity index (χ3v) is 4.43. The number of amides is 2. The molecule has 3 aromatic rings. The van der Waals surface area contributed by atoms with Gasteiger partial charge < -0.3 is 19.9 Å². The summed E-state index contributed by atoms with van der Waals surface area (Å²) in [5, 5.41) is 9.36. The maximum atomic E-state index is 12.7. The number of hydrogen-bond acceptors (Lipinski definition) is 5. The van der Waals surface area contributed by atoms with Crippen LogP contribution >= 0.6 is 0 Å². The van der Waals surface area contributed by atoms with Gasteiger partial charge >= 0.3 is 0 Å². The molecular weight excluding hydrogens is 370 g/mol. The fourth-order valence-corrected chi connectivity index (χ4v) is 2.94. The molecule has 0 aliphatic carbocycles. The molecule has 7 heteroatoms. The van der Waals surface area contributed by atoms with Crippen LogP contribution in [0.3, 0.4) is 0 Å². The summed E-state index contributed by atoms with van der Waals surface area (Å²) in [5.41, 5.74) is 4.04. The second kappa shape index (κ2) is 8.60. The monoisotopic (exact) mass is 393 g/mol. The van der Waals surface area contributed by atoms with E-state index in [0.717, 1.165) is 16.9 Å². The largest absolute Gasteiger partial charge is 0.488 e. The summed E-state index contributed by atoms with van der Waals surface area (Å²) in [7, 11) is 0. The van der Waals surface area contributed by atoms with Gasteiger partial charge in [-0.15, -0.1) is 0 Å². The van der Waals surface area contributed by atoms with Gasteiger partial charge in [0.1, 0.15) is 18.1 Å². The van der Waals surface area contributed by atoms with Gasteiger partial charge in [-0.3, -0.25) is 9.59 Å². The fourth-order valence-electron chi connectivity index (χ4n) is 2.94. The van der Waals surface area contributed by atoms with Crippen molar-refractivity contribution in [1.82, 2.24) is 5.16 Å². The van der Waals surface area contributed by atoms with Crippen molar-refractivity contribution in [2.24, 2.45) is 0 Å². The first kappa shape index (κ1) is 20.1. The number of nitrogens with zero attached hydrogens (tertiary/aromatic N) is 1. The molecule has 1 heterocycles. The van der Waals surface area contributed by atoms with Crippen molar-refractivity contribution in [2.75, 3.05) is 10.6 Å². The zero-order valence-electron chi connectivity index (χ0n) is 16.8. The Balaban J connectivity index is 1.73. The fraction of sp³-hybridized carbons (Fsp3) is 0.227. The lowest BCUT2D eigenvalue weighted by molar-refractivity contribution is -0.114. The Morgan fingerprint density at radius 3 is 2.14 bits per heavy atom. The number of para-hydroxylation sites is 1. The van der Waals surface area contributed by atoms with Gasteiger partial charge in [-0.25, -0.2) is 0 Å². The van der Waals surface area contributed by atoms with Gasteiger partial charge in [0.2, 0.25) is 5.91 Å². The van der Waals surface area contributed by atoms with Crippen LogP contribution in [0.25, 0.3) is 0 Å². The molecule has 0 unspecified atom stereocenters. The highest BCUT2D eigenvalue weighted by molar-refractivity contribution is 6.04. The second-order valence-corrected chi connectivity index (χ2v) is 6.79. The van der Waals surface area contributed by atoms with Crippen LogP contribution in [0.15, 0.2) is 47.0 Å². The van der Waals surface area contributed by atoms with E-state index in [2.05, 4.69) is 15.8 Å². The lowest BCUT2D eigenvalue weighted by Crippen LogP contribution is -2.15. The minimum atomic E-state index is -0.394. The first-order valence-corrected chi connectivity index (χ1v) is 9.18. The lowest BCUT2D eigenvalue weighted by Gasteiger charge is -2.12. The predicted octanol–water partition coefficient (Wildman–Crippen LogP) is 4.39. The Kier molecular flexibility index (Phi) is 5.97. The molecule has 0 aliphatic rings. The molecule has 2 amide bonds. The molecule has 0 saturated heterocycles. The molecule has 0 bridgehead atoms. The smallest absolute Gasteiger partial charge is 0.278 e. The minimum Gasteiger partial charge on any atom is -0.488 e. The normalized spacial score (nSPS) is 10.5. The molecule has 2 N–H and O–H groups in total. The lowest BCUT2D eigenvalue weighted by atomic mass is 10.1. The Bertz CT molecular complexity index is 1020. The van der Waals surface area contributed by atoms with Crippen molar-refractivity contribution in [3.63, 3.8) is 0 Å². The van der Waals surface area contributed by atoms with Crippen molar-refractivity contribution < 1.29 is 18.8 Å². The number of carbonyl (C=O) groups is 2. The SMILES string of the molecule is CC(=O)Nc1ccc(NC(=O)c2noc(C)c2COc2c(C)cccc2C)cc1. The topological polar surface area (TPSA) is 93.5 Å². The summed E-state index contributed by atoms with van der Waals surface area (Å²) in [6.45, 7) is 7.30. The Hall–Kier alpha value is -3.61. The maximum absolute atomic E-state index is 12.7. The van der Waals surface area contributed by atoms with E-state index in [-0.39, 0.29) is 18.2 Å². The second-order valence-electron chi connectivity index (χ2n) is 6.79. The molecule has 0 saturated carbocycles. The standard InChI is InChI=1S/C22H23N3O4/c1-13-6-5-7-14(2)21(13)28-12-19-15(3)29-25-20(19)22(27)24-18-10-8-17(9-11-18)23-16(4)26/h5-11H,12H2,1-4H3,(H,23,26)(H,24,27). The molecule has 2 aromatic carbocycles. The minimum absolute atomic E-state index is 0.159. The van der Waals surface area contributed by atoms with E-state index in [1.54, 1.807) is 31.2 Å². The molecule has 0 atom stereocenters. The summed E-state index contributed by atoms with van der Waals surface area (Å²) >= 11 is 0. The van der Waals surface area contributed by atoms with E-state index in [1.165, 1.54) is 6.92 Å². The van der Waals surface area contributed by atoms with E-state index in [4.69, 9.17) is 9.26 Å². The Labute approximate surface area is 169 Å². The van der Waals surface area contributed by atoms with Gasteiger partial charge in [0, 0.05) is 18.3 Å². The van der Waals surface area contributed by atoms with E-state index in [9.17, 15) is 9.59 Å². The highest BCUT2D eigenvalue weighted by Gasteiger charge is 2.21. The number of hydrogen-bond donors (Lipinski definition) is 2. The number of ether oxygens (including phenoxy) is 1. The summed E-state index contributed by atoms with van der Waals surface area (Å²) in [6.07, 6.45) is 0. The number of nitrogens with one attached hydrogen (secondary N) is 2. The summed E-state index contributed by atoms with van der Waals surface area (Å²) in [4.78, 5) is 23.8. The van der Waals surface area contributed by atoms with Gasteiger partial charge in [0.15, 0.2) is 5.69 Å². The van der Waals surface area contributed by atoms with Gasteiger partial charge in [-0.2, -0.15) is 0 Å². The van der Waals surface area contributed by atoms with Crippen LogP contribution in [0.1, 0.15) is 39.9 Å². The number of anilines is 2. The summed E-state index contributed by atoms with van der Waals surface area (Å²) in [5.74, 6) is 0.762. The summed E-state index contributed by atoms with van der Waals surface area (Å²) in [6, 6.07) is 12.7. The number of benzene rings is 2. The Morgan fingerprint density at radius 2 is 1.55 bits per heavy atom. The van der Waals surface area contributed by atoms with Crippen molar-refractivity contribution in [3.8, 4) is 5.75 Å². The van der Waals surface area contributed by atoms with Crippen LogP contribution in [0.4, 0.5) is 11.4 Å². The molecule has 0 aliphatic heterocycles. The van der Waals surface area contributed by atoms with Crippen LogP contribution in [0.2, 0.25) is 0 Å². The molecular formula is C22H23N3O4. The molecule has 29 heavy (non-hydrogen) atoms. The molecule has 0 fully saturated rings. The maximum Gasteiger partial charge on any atom is 0.278 e. The molecule has 1 aromatic heterocycles. The zero-order valence-corrected chi connectivity index (χ0v) is 16.8. The molecule has 0 spiro atoms. The van der Waals surface area contributed by atoms with Crippen LogP contribution in [-0.2, 0) is 11.4 Å². The number of aromatic nitrogens is 1. The molecule has 7 nitrogen and oxygen atoms in total. The molecule has 0 radical (unpaired) electrons. The average molecular weight is 393 g/mol. The van der Waals surface area contributed by atoms with Crippen LogP contribution in [0.5, 0.6) is 5.75 Å². The van der Waals surface area contributed by atoms with E-state index in [1.807, 2.05) is 32.0 Å². The summed E-state index contributed by atoms with van der Waals surface area (Å²) < 4.78 is 11.2. The highest BCUT2D eigenvalue weighted by Crippen LogP contribution is 2.25. The third-order valence-electron chi connectivity index (χ3n) is 4.43. The van der Waals surface area contributed by atoms with E-state index >= 15 is 0 Å². The van der Waals surface area contributed by atoms with Crippen molar-refractivity contribution in [3.05, 3.63) is 70.6 Å². The van der Waals surface area contributed by atoms with Gasteiger partial charge in [0.25, 0.3) is 5.91 Å². The quantitative estimate of drug-likeness (QED) is 0.648. The van der Waals surface area contributed by atoms with Gasteiger partial charge in [0.05, 0.1) is 5.56 Å². The van der Waals surface area contributed by atoms with Crippen LogP contribution < -0.4 is 15.4 Å². The van der Waals surface area contributed by atoms with E-state index in [0.29, 0.717) is 22.7 Å².